The van der Waals surface area contributed by atoms with Gasteiger partial charge in [-0.15, -0.1) is 0 Å². The molecule has 25 heavy (non-hydrogen) atoms. The highest BCUT2D eigenvalue weighted by Crippen LogP contribution is 2.40. The predicted molar refractivity (Wildman–Crippen MR) is 95.6 cm³/mol. The predicted octanol–water partition coefficient (Wildman–Crippen LogP) is 4.11. The zero-order valence-corrected chi connectivity index (χ0v) is 14.7. The maximum absolute atomic E-state index is 11.5. The van der Waals surface area contributed by atoms with Crippen molar-refractivity contribution in [3.05, 3.63) is 58.7 Å². The smallest absolute Gasteiger partial charge is 0.250 e. The number of methoxy groups -OCH3 is 1. The SMILES string of the molecule is CC.COC1CCc2c(Oc3ccc(C#N)c(C(N)=O)c3)cccc21. The number of rotatable bonds is 4. The highest BCUT2D eigenvalue weighted by atomic mass is 16.5. The van der Waals surface area contributed by atoms with Crippen molar-refractivity contribution in [3.8, 4) is 17.6 Å². The molecule has 130 valence electrons. The molecule has 1 atom stereocenters. The Balaban J connectivity index is 0.00000109. The van der Waals surface area contributed by atoms with Crippen molar-refractivity contribution in [1.82, 2.24) is 0 Å². The van der Waals surface area contributed by atoms with Gasteiger partial charge in [0.25, 0.3) is 0 Å². The first-order valence-electron chi connectivity index (χ1n) is 8.30. The lowest BCUT2D eigenvalue weighted by molar-refractivity contribution is 0.0999. The summed E-state index contributed by atoms with van der Waals surface area (Å²) in [5.74, 6) is 0.569. The number of benzene rings is 2. The van der Waals surface area contributed by atoms with E-state index in [2.05, 4.69) is 0 Å². The molecule has 2 aromatic rings. The van der Waals surface area contributed by atoms with Gasteiger partial charge in [-0.05, 0) is 42.7 Å². The summed E-state index contributed by atoms with van der Waals surface area (Å²) in [6, 6.07) is 12.5. The number of primary amides is 1. The standard InChI is InChI=1S/C18H16N2O3.C2H6/c1-22-16-8-7-14-13(16)3-2-4-17(14)23-12-6-5-11(10-19)15(9-12)18(20)21;1-2/h2-6,9,16H,7-8H2,1H3,(H2,20,21);1-2H3. The van der Waals surface area contributed by atoms with Crippen LogP contribution >= 0.6 is 0 Å². The zero-order chi connectivity index (χ0) is 18.4. The zero-order valence-electron chi connectivity index (χ0n) is 14.7. The van der Waals surface area contributed by atoms with E-state index in [0.717, 1.165) is 29.7 Å². The van der Waals surface area contributed by atoms with Gasteiger partial charge in [0, 0.05) is 12.7 Å². The summed E-state index contributed by atoms with van der Waals surface area (Å²) in [4.78, 5) is 11.5. The number of fused-ring (bicyclic) bond motifs is 1. The van der Waals surface area contributed by atoms with Crippen molar-refractivity contribution in [2.24, 2.45) is 5.73 Å². The van der Waals surface area contributed by atoms with Crippen LogP contribution in [0.3, 0.4) is 0 Å². The van der Waals surface area contributed by atoms with E-state index < -0.39 is 5.91 Å². The van der Waals surface area contributed by atoms with Crippen molar-refractivity contribution < 1.29 is 14.3 Å². The normalized spacial score (nSPS) is 14.7. The summed E-state index contributed by atoms with van der Waals surface area (Å²) in [7, 11) is 1.70. The second-order valence-electron chi connectivity index (χ2n) is 5.37. The molecule has 0 bridgehead atoms. The van der Waals surface area contributed by atoms with Gasteiger partial charge in [0.1, 0.15) is 11.5 Å². The molecule has 5 heteroatoms. The van der Waals surface area contributed by atoms with Crippen LogP contribution in [0.25, 0.3) is 0 Å². The number of nitrogens with zero attached hydrogens (tertiary/aromatic N) is 1. The second-order valence-corrected chi connectivity index (χ2v) is 5.37. The molecule has 0 saturated carbocycles. The molecule has 2 N–H and O–H groups in total. The van der Waals surface area contributed by atoms with Crippen LogP contribution in [0.4, 0.5) is 0 Å². The van der Waals surface area contributed by atoms with E-state index in [4.69, 9.17) is 20.5 Å². The van der Waals surface area contributed by atoms with E-state index in [9.17, 15) is 4.79 Å². The highest BCUT2D eigenvalue weighted by Gasteiger charge is 2.25. The first kappa shape index (κ1) is 18.5. The van der Waals surface area contributed by atoms with Crippen molar-refractivity contribution >= 4 is 5.91 Å². The Hall–Kier alpha value is -2.84. The van der Waals surface area contributed by atoms with Gasteiger partial charge in [-0.25, -0.2) is 0 Å². The molecular weight excluding hydrogens is 316 g/mol. The lowest BCUT2D eigenvalue weighted by atomic mass is 10.1. The number of amides is 1. The highest BCUT2D eigenvalue weighted by molar-refractivity contribution is 5.95. The number of carbonyl (C=O) groups excluding carboxylic acids is 1. The summed E-state index contributed by atoms with van der Waals surface area (Å²) < 4.78 is 11.4. The third kappa shape index (κ3) is 3.81. The molecule has 3 rings (SSSR count). The summed E-state index contributed by atoms with van der Waals surface area (Å²) in [5, 5.41) is 9.02. The Labute approximate surface area is 148 Å². The van der Waals surface area contributed by atoms with Crippen LogP contribution in [-0.2, 0) is 11.2 Å². The van der Waals surface area contributed by atoms with Gasteiger partial charge in [-0.1, -0.05) is 26.0 Å². The Bertz CT molecular complexity index is 809. The largest absolute Gasteiger partial charge is 0.457 e. The van der Waals surface area contributed by atoms with Crippen molar-refractivity contribution in [2.75, 3.05) is 7.11 Å². The van der Waals surface area contributed by atoms with Gasteiger partial charge < -0.3 is 15.2 Å². The van der Waals surface area contributed by atoms with Gasteiger partial charge in [0.2, 0.25) is 5.91 Å². The number of hydrogen-bond acceptors (Lipinski definition) is 4. The fourth-order valence-electron chi connectivity index (χ4n) is 2.94. The monoisotopic (exact) mass is 338 g/mol. The molecule has 1 amide bonds. The van der Waals surface area contributed by atoms with Gasteiger partial charge in [-0.3, -0.25) is 4.79 Å². The Kier molecular flexibility index (Phi) is 6.15. The van der Waals surface area contributed by atoms with Gasteiger partial charge in [0.05, 0.1) is 23.3 Å². The number of nitriles is 1. The van der Waals surface area contributed by atoms with E-state index in [-0.39, 0.29) is 17.2 Å². The van der Waals surface area contributed by atoms with Crippen LogP contribution in [0.15, 0.2) is 36.4 Å². The molecule has 0 fully saturated rings. The maximum Gasteiger partial charge on any atom is 0.250 e. The van der Waals surface area contributed by atoms with Gasteiger partial charge >= 0.3 is 0 Å². The Morgan fingerprint density at radius 1 is 1.28 bits per heavy atom. The molecule has 0 spiro atoms. The summed E-state index contributed by atoms with van der Waals surface area (Å²) in [6.45, 7) is 4.00. The van der Waals surface area contributed by atoms with Crippen molar-refractivity contribution in [1.29, 1.82) is 5.26 Å². The van der Waals surface area contributed by atoms with E-state index in [1.807, 2.05) is 38.1 Å². The molecule has 0 aromatic heterocycles. The first-order chi connectivity index (χ1) is 12.1. The van der Waals surface area contributed by atoms with Crippen LogP contribution in [0.5, 0.6) is 11.5 Å². The van der Waals surface area contributed by atoms with Crippen molar-refractivity contribution in [2.45, 2.75) is 32.8 Å². The van der Waals surface area contributed by atoms with Crippen LogP contribution in [0.1, 0.15) is 53.4 Å². The molecule has 1 unspecified atom stereocenters. The quantitative estimate of drug-likeness (QED) is 0.909. The Morgan fingerprint density at radius 3 is 2.68 bits per heavy atom. The lowest BCUT2D eigenvalue weighted by Gasteiger charge is -2.13. The van der Waals surface area contributed by atoms with E-state index in [0.29, 0.717) is 5.75 Å². The summed E-state index contributed by atoms with van der Waals surface area (Å²) in [6.07, 6.45) is 1.89. The minimum Gasteiger partial charge on any atom is -0.457 e. The fourth-order valence-corrected chi connectivity index (χ4v) is 2.94. The molecule has 1 aliphatic rings. The number of hydrogen-bond donors (Lipinski definition) is 1. The molecule has 0 saturated heterocycles. The molecule has 2 aromatic carbocycles. The van der Waals surface area contributed by atoms with Crippen molar-refractivity contribution in [3.63, 3.8) is 0 Å². The van der Waals surface area contributed by atoms with Crippen LogP contribution in [0.2, 0.25) is 0 Å². The summed E-state index contributed by atoms with van der Waals surface area (Å²) in [5.41, 5.74) is 7.96. The number of carbonyl (C=O) groups is 1. The lowest BCUT2D eigenvalue weighted by Crippen LogP contribution is -2.12. The molecule has 0 radical (unpaired) electrons. The molecule has 1 aliphatic carbocycles. The van der Waals surface area contributed by atoms with E-state index >= 15 is 0 Å². The van der Waals surface area contributed by atoms with E-state index in [1.165, 1.54) is 12.1 Å². The Morgan fingerprint density at radius 2 is 2.04 bits per heavy atom. The van der Waals surface area contributed by atoms with Gasteiger partial charge in [-0.2, -0.15) is 5.26 Å². The third-order valence-electron chi connectivity index (χ3n) is 4.06. The number of nitrogens with two attached hydrogens (primary N) is 1. The maximum atomic E-state index is 11.5. The topological polar surface area (TPSA) is 85.3 Å². The minimum atomic E-state index is -0.648. The third-order valence-corrected chi connectivity index (χ3v) is 4.06. The molecule has 0 aliphatic heterocycles. The second kappa shape index (κ2) is 8.32. The average molecular weight is 338 g/mol. The van der Waals surface area contributed by atoms with E-state index in [1.54, 1.807) is 13.2 Å². The van der Waals surface area contributed by atoms with Crippen LogP contribution in [0, 0.1) is 11.3 Å². The van der Waals surface area contributed by atoms with Gasteiger partial charge in [0.15, 0.2) is 0 Å². The first-order valence-corrected chi connectivity index (χ1v) is 8.30. The minimum absolute atomic E-state index is 0.0932. The summed E-state index contributed by atoms with van der Waals surface area (Å²) >= 11 is 0. The average Bonchev–Trinajstić information content (AvgIpc) is 3.07. The van der Waals surface area contributed by atoms with Crippen LogP contribution < -0.4 is 10.5 Å². The molecular formula is C20H22N2O3. The molecule has 0 heterocycles. The number of ether oxygens (including phenoxy) is 2. The fraction of sp³-hybridized carbons (Fsp3) is 0.300. The van der Waals surface area contributed by atoms with Crippen LogP contribution in [-0.4, -0.2) is 13.0 Å². The molecule has 5 nitrogen and oxygen atoms in total.